The van der Waals surface area contributed by atoms with Gasteiger partial charge in [0.15, 0.2) is 0 Å². The Bertz CT molecular complexity index is 401. The maximum Gasteiger partial charge on any atom is 0.0128 e. The van der Waals surface area contributed by atoms with E-state index in [1.54, 1.807) is 0 Å². The second-order valence-corrected chi connectivity index (χ2v) is 4.44. The van der Waals surface area contributed by atoms with Gasteiger partial charge in [-0.2, -0.15) is 0 Å². The highest BCUT2D eigenvalue weighted by Gasteiger charge is 2.40. The van der Waals surface area contributed by atoms with Crippen LogP contribution < -0.4 is 0 Å². The number of allylic oxidation sites excluding steroid dienone is 10. The van der Waals surface area contributed by atoms with E-state index < -0.39 is 0 Å². The van der Waals surface area contributed by atoms with Crippen LogP contribution in [0.3, 0.4) is 0 Å². The molecule has 0 heterocycles. The second kappa shape index (κ2) is 2.60. The summed E-state index contributed by atoms with van der Waals surface area (Å²) < 4.78 is 0. The van der Waals surface area contributed by atoms with Gasteiger partial charge in [0.2, 0.25) is 0 Å². The molecule has 0 amide bonds. The van der Waals surface area contributed by atoms with Crippen molar-refractivity contribution in [1.82, 2.24) is 0 Å². The Morgan fingerprint density at radius 1 is 0.929 bits per heavy atom. The molecule has 14 heavy (non-hydrogen) atoms. The van der Waals surface area contributed by atoms with Crippen LogP contribution in [0.15, 0.2) is 58.7 Å². The lowest BCUT2D eigenvalue weighted by Crippen LogP contribution is -2.13. The summed E-state index contributed by atoms with van der Waals surface area (Å²) in [5.74, 6) is 1.35. The molecule has 3 aliphatic rings. The van der Waals surface area contributed by atoms with E-state index in [2.05, 4.69) is 50.3 Å². The first-order valence-electron chi connectivity index (χ1n) is 5.24. The monoisotopic (exact) mass is 182 g/mol. The van der Waals surface area contributed by atoms with Gasteiger partial charge in [-0.3, -0.25) is 0 Å². The number of hydrogen-bond donors (Lipinski definition) is 0. The van der Waals surface area contributed by atoms with Crippen LogP contribution in [0.1, 0.15) is 13.8 Å². The minimum Gasteiger partial charge on any atom is -0.0794 e. The fourth-order valence-electron chi connectivity index (χ4n) is 2.71. The minimum atomic E-state index is 0.677. The summed E-state index contributed by atoms with van der Waals surface area (Å²) in [5.41, 5.74) is 6.01. The average molecular weight is 182 g/mol. The second-order valence-electron chi connectivity index (χ2n) is 4.44. The molecule has 0 heteroatoms. The number of hydrogen-bond acceptors (Lipinski definition) is 0. The van der Waals surface area contributed by atoms with E-state index in [9.17, 15) is 0 Å². The predicted octanol–water partition coefficient (Wildman–Crippen LogP) is 3.56. The molecule has 0 aromatic carbocycles. The van der Waals surface area contributed by atoms with Crippen molar-refractivity contribution in [1.29, 1.82) is 0 Å². The van der Waals surface area contributed by atoms with Crippen molar-refractivity contribution in [2.75, 3.05) is 0 Å². The molecule has 0 aromatic heterocycles. The summed E-state index contributed by atoms with van der Waals surface area (Å²) in [6.07, 6.45) is 13.5. The van der Waals surface area contributed by atoms with Crippen molar-refractivity contribution in [2.24, 2.45) is 11.8 Å². The zero-order valence-electron chi connectivity index (χ0n) is 8.62. The molecule has 0 spiro atoms. The lowest BCUT2D eigenvalue weighted by Gasteiger charge is -2.22. The fraction of sp³-hybridized carbons (Fsp3) is 0.286. The van der Waals surface area contributed by atoms with Gasteiger partial charge in [-0.1, -0.05) is 42.0 Å². The number of fused-ring (bicyclic) bond motifs is 5. The summed E-state index contributed by atoms with van der Waals surface area (Å²) in [7, 11) is 0. The van der Waals surface area contributed by atoms with Crippen molar-refractivity contribution in [3.63, 3.8) is 0 Å². The number of rotatable bonds is 0. The van der Waals surface area contributed by atoms with Crippen molar-refractivity contribution >= 4 is 0 Å². The van der Waals surface area contributed by atoms with E-state index >= 15 is 0 Å². The maximum atomic E-state index is 2.33. The molecule has 1 fully saturated rings. The van der Waals surface area contributed by atoms with E-state index in [1.807, 2.05) is 0 Å². The molecule has 3 rings (SSSR count). The highest BCUT2D eigenvalue weighted by molar-refractivity contribution is 5.65. The summed E-state index contributed by atoms with van der Waals surface area (Å²) in [5, 5.41) is 0. The highest BCUT2D eigenvalue weighted by atomic mass is 14.4. The molecule has 0 aliphatic heterocycles. The molecule has 70 valence electrons. The third-order valence-corrected chi connectivity index (χ3v) is 3.37. The molecule has 3 aliphatic carbocycles. The summed E-state index contributed by atoms with van der Waals surface area (Å²) in [4.78, 5) is 0. The van der Waals surface area contributed by atoms with Gasteiger partial charge >= 0.3 is 0 Å². The molecule has 0 saturated heterocycles. The van der Waals surface area contributed by atoms with Gasteiger partial charge in [-0.25, -0.2) is 0 Å². The third kappa shape index (κ3) is 0.836. The molecule has 0 aromatic rings. The Kier molecular flexibility index (Phi) is 1.49. The van der Waals surface area contributed by atoms with Gasteiger partial charge in [-0.15, -0.1) is 0 Å². The summed E-state index contributed by atoms with van der Waals surface area (Å²) in [6, 6.07) is 0. The fourth-order valence-corrected chi connectivity index (χ4v) is 2.71. The maximum absolute atomic E-state index is 2.33. The molecule has 2 atom stereocenters. The Labute approximate surface area is 85.0 Å². The zero-order valence-corrected chi connectivity index (χ0v) is 8.62. The van der Waals surface area contributed by atoms with Crippen LogP contribution in [-0.4, -0.2) is 0 Å². The van der Waals surface area contributed by atoms with Gasteiger partial charge < -0.3 is 0 Å². The quantitative estimate of drug-likeness (QED) is 0.502. The Morgan fingerprint density at radius 2 is 1.43 bits per heavy atom. The molecule has 2 bridgehead atoms. The third-order valence-electron chi connectivity index (χ3n) is 3.37. The van der Waals surface area contributed by atoms with Crippen LogP contribution in [0.25, 0.3) is 0 Å². The Hall–Kier alpha value is -1.30. The average Bonchev–Trinajstić information content (AvgIpc) is 2.23. The highest BCUT2D eigenvalue weighted by Crippen LogP contribution is 2.52. The largest absolute Gasteiger partial charge is 0.0794 e. The topological polar surface area (TPSA) is 0 Å². The van der Waals surface area contributed by atoms with Crippen LogP contribution in [0, 0.1) is 11.8 Å². The van der Waals surface area contributed by atoms with Crippen LogP contribution in [-0.2, 0) is 0 Å². The zero-order chi connectivity index (χ0) is 9.71. The molecule has 0 nitrogen and oxygen atoms in total. The van der Waals surface area contributed by atoms with Gasteiger partial charge in [0, 0.05) is 11.8 Å². The molecular formula is C14H14. The smallest absolute Gasteiger partial charge is 0.0128 e. The van der Waals surface area contributed by atoms with Crippen LogP contribution in [0.2, 0.25) is 0 Å². The minimum absolute atomic E-state index is 0.677. The van der Waals surface area contributed by atoms with Crippen molar-refractivity contribution in [3.8, 4) is 0 Å². The molecule has 0 N–H and O–H groups in total. The Balaban J connectivity index is 2.27. The van der Waals surface area contributed by atoms with Gasteiger partial charge in [-0.05, 0) is 30.6 Å². The van der Waals surface area contributed by atoms with E-state index in [4.69, 9.17) is 0 Å². The summed E-state index contributed by atoms with van der Waals surface area (Å²) in [6.45, 7) is 4.43. The SMILES string of the molecule is CC(C)=C1C2=CC=CC=C1C1C=CC21. The van der Waals surface area contributed by atoms with E-state index in [0.717, 1.165) is 0 Å². The van der Waals surface area contributed by atoms with E-state index in [0.29, 0.717) is 11.8 Å². The first-order chi connectivity index (χ1) is 6.79. The van der Waals surface area contributed by atoms with Gasteiger partial charge in [0.1, 0.15) is 0 Å². The van der Waals surface area contributed by atoms with Crippen LogP contribution >= 0.6 is 0 Å². The predicted molar refractivity (Wildman–Crippen MR) is 59.8 cm³/mol. The first-order valence-corrected chi connectivity index (χ1v) is 5.24. The van der Waals surface area contributed by atoms with E-state index in [-0.39, 0.29) is 0 Å². The first kappa shape index (κ1) is 8.05. The normalized spacial score (nSPS) is 31.7. The Morgan fingerprint density at radius 3 is 1.79 bits per heavy atom. The molecule has 0 radical (unpaired) electrons. The van der Waals surface area contributed by atoms with Crippen molar-refractivity contribution in [3.05, 3.63) is 58.7 Å². The molecule has 1 saturated carbocycles. The van der Waals surface area contributed by atoms with Gasteiger partial charge in [0.05, 0.1) is 0 Å². The van der Waals surface area contributed by atoms with Crippen molar-refractivity contribution < 1.29 is 0 Å². The molecular weight excluding hydrogens is 168 g/mol. The lowest BCUT2D eigenvalue weighted by molar-refractivity contribution is 0.609. The van der Waals surface area contributed by atoms with Crippen molar-refractivity contribution in [2.45, 2.75) is 13.8 Å². The summed E-state index contributed by atoms with van der Waals surface area (Å²) >= 11 is 0. The van der Waals surface area contributed by atoms with Crippen LogP contribution in [0.5, 0.6) is 0 Å². The van der Waals surface area contributed by atoms with Crippen LogP contribution in [0.4, 0.5) is 0 Å². The standard InChI is InChI=1S/C14H14/c1-9(2)14-12-5-3-4-6-13(14)11-8-7-10(11)12/h3-8,10-11H,1-2H3. The van der Waals surface area contributed by atoms with Gasteiger partial charge in [0.25, 0.3) is 0 Å². The molecule has 2 unspecified atom stereocenters. The van der Waals surface area contributed by atoms with E-state index in [1.165, 1.54) is 22.3 Å². The lowest BCUT2D eigenvalue weighted by atomic mass is 9.81.